The van der Waals surface area contributed by atoms with Crippen LogP contribution in [0.4, 0.5) is 0 Å². The van der Waals surface area contributed by atoms with Crippen molar-refractivity contribution < 1.29 is 9.63 Å². The van der Waals surface area contributed by atoms with Gasteiger partial charge >= 0.3 is 0 Å². The van der Waals surface area contributed by atoms with Crippen LogP contribution in [-0.4, -0.2) is 77.5 Å². The second-order valence-corrected chi connectivity index (χ2v) is 6.00. The van der Waals surface area contributed by atoms with Gasteiger partial charge in [0.15, 0.2) is 5.82 Å². The average molecular weight is 281 g/mol. The fourth-order valence-corrected chi connectivity index (χ4v) is 2.93. The molecule has 2 N–H and O–H groups in total. The quantitative estimate of drug-likeness (QED) is 0.755. The van der Waals surface area contributed by atoms with Gasteiger partial charge in [-0.25, -0.2) is 0 Å². The average Bonchev–Trinajstić information content (AvgIpc) is 3.03. The van der Waals surface area contributed by atoms with Gasteiger partial charge in [-0.15, -0.1) is 0 Å². The molecule has 7 heteroatoms. The van der Waals surface area contributed by atoms with Crippen LogP contribution in [0.3, 0.4) is 0 Å². The van der Waals surface area contributed by atoms with Crippen molar-refractivity contribution >= 4 is 0 Å². The molecule has 7 nitrogen and oxygen atoms in total. The second kappa shape index (κ2) is 5.77. The van der Waals surface area contributed by atoms with E-state index in [2.05, 4.69) is 39.4 Å². The molecule has 0 bridgehead atoms. The monoisotopic (exact) mass is 281 g/mol. The third kappa shape index (κ3) is 3.01. The van der Waals surface area contributed by atoms with Gasteiger partial charge in [-0.3, -0.25) is 0 Å². The fourth-order valence-electron chi connectivity index (χ4n) is 2.93. The van der Waals surface area contributed by atoms with E-state index in [0.29, 0.717) is 24.9 Å². The summed E-state index contributed by atoms with van der Waals surface area (Å²) in [6.45, 7) is 3.80. The van der Waals surface area contributed by atoms with E-state index in [1.165, 1.54) is 0 Å². The maximum absolute atomic E-state index is 9.53. The molecule has 2 saturated heterocycles. The van der Waals surface area contributed by atoms with Crippen LogP contribution in [-0.2, 0) is 6.42 Å². The number of likely N-dealkylation sites (N-methyl/N-ethyl adjacent to an activating group) is 2. The third-order valence-corrected chi connectivity index (χ3v) is 4.29. The molecule has 20 heavy (non-hydrogen) atoms. The van der Waals surface area contributed by atoms with E-state index >= 15 is 0 Å². The molecule has 0 saturated carbocycles. The van der Waals surface area contributed by atoms with Gasteiger partial charge in [0.05, 0.1) is 12.1 Å². The number of hydrogen-bond donors (Lipinski definition) is 2. The predicted molar refractivity (Wildman–Crippen MR) is 73.3 cm³/mol. The molecule has 0 amide bonds. The lowest BCUT2D eigenvalue weighted by molar-refractivity contribution is 0.113. The zero-order valence-electron chi connectivity index (χ0n) is 12.1. The molecule has 0 spiro atoms. The van der Waals surface area contributed by atoms with Crippen molar-refractivity contribution in [1.29, 1.82) is 0 Å². The number of aliphatic hydroxyl groups is 1. The van der Waals surface area contributed by atoms with E-state index in [4.69, 9.17) is 4.52 Å². The molecule has 112 valence electrons. The van der Waals surface area contributed by atoms with Crippen LogP contribution in [0, 0.1) is 0 Å². The molecule has 0 aromatic carbocycles. The van der Waals surface area contributed by atoms with Crippen LogP contribution < -0.4 is 5.32 Å². The highest BCUT2D eigenvalue weighted by Gasteiger charge is 2.29. The van der Waals surface area contributed by atoms with Gasteiger partial charge in [0.25, 0.3) is 0 Å². The topological polar surface area (TPSA) is 77.7 Å². The lowest BCUT2D eigenvalue weighted by Crippen LogP contribution is -2.50. The van der Waals surface area contributed by atoms with E-state index < -0.39 is 0 Å². The first kappa shape index (κ1) is 13.9. The van der Waals surface area contributed by atoms with Crippen LogP contribution in [0.15, 0.2) is 4.52 Å². The lowest BCUT2D eigenvalue weighted by Gasteiger charge is -2.37. The van der Waals surface area contributed by atoms with Crippen molar-refractivity contribution in [2.24, 2.45) is 0 Å². The number of nitrogens with zero attached hydrogens (tertiary/aromatic N) is 4. The van der Waals surface area contributed by atoms with Crippen molar-refractivity contribution in [3.8, 4) is 0 Å². The van der Waals surface area contributed by atoms with Gasteiger partial charge in [0, 0.05) is 38.6 Å². The summed E-state index contributed by atoms with van der Waals surface area (Å²) in [4.78, 5) is 9.17. The molecule has 1 unspecified atom stereocenters. The van der Waals surface area contributed by atoms with Crippen molar-refractivity contribution in [2.75, 3.05) is 40.3 Å². The Kier molecular flexibility index (Phi) is 4.02. The molecule has 2 aliphatic rings. The van der Waals surface area contributed by atoms with E-state index in [1.54, 1.807) is 0 Å². The third-order valence-electron chi connectivity index (χ3n) is 4.29. The number of aromatic nitrogens is 2. The first-order valence-electron chi connectivity index (χ1n) is 7.24. The molecule has 3 rings (SSSR count). The van der Waals surface area contributed by atoms with Crippen LogP contribution in [0.2, 0.25) is 0 Å². The summed E-state index contributed by atoms with van der Waals surface area (Å²) >= 11 is 0. The standard InChI is InChI=1S/C13H23N5O2/c1-17-3-4-18(2)9(8-17)5-12-15-13(20-16-12)11-6-10(19)7-14-11/h9-11,14,19H,3-8H2,1-2H3/t9?,10-,11+/m0/s1. The molecule has 2 aliphatic heterocycles. The Morgan fingerprint density at radius 2 is 2.25 bits per heavy atom. The van der Waals surface area contributed by atoms with E-state index in [1.807, 2.05) is 0 Å². The van der Waals surface area contributed by atoms with E-state index in [-0.39, 0.29) is 12.1 Å². The van der Waals surface area contributed by atoms with Crippen molar-refractivity contribution in [3.05, 3.63) is 11.7 Å². The Morgan fingerprint density at radius 3 is 3.00 bits per heavy atom. The van der Waals surface area contributed by atoms with Gasteiger partial charge in [-0.05, 0) is 20.5 Å². The van der Waals surface area contributed by atoms with Gasteiger partial charge in [-0.2, -0.15) is 4.98 Å². The van der Waals surface area contributed by atoms with Crippen LogP contribution in [0.25, 0.3) is 0 Å². The predicted octanol–water partition coefficient (Wildman–Crippen LogP) is -0.747. The van der Waals surface area contributed by atoms with Gasteiger partial charge < -0.3 is 24.7 Å². The number of β-amino-alcohol motifs (C(OH)–C–C–N with tert-alkyl or cyclic N) is 1. The largest absolute Gasteiger partial charge is 0.392 e. The van der Waals surface area contributed by atoms with E-state index in [9.17, 15) is 5.11 Å². The first-order chi connectivity index (χ1) is 9.61. The number of rotatable bonds is 3. The van der Waals surface area contributed by atoms with E-state index in [0.717, 1.165) is 31.9 Å². The molecule has 3 heterocycles. The number of nitrogens with one attached hydrogen (secondary N) is 1. The summed E-state index contributed by atoms with van der Waals surface area (Å²) < 4.78 is 5.33. The number of hydrogen-bond acceptors (Lipinski definition) is 7. The van der Waals surface area contributed by atoms with Crippen LogP contribution in [0.1, 0.15) is 24.2 Å². The summed E-state index contributed by atoms with van der Waals surface area (Å²) in [6.07, 6.45) is 1.14. The van der Waals surface area contributed by atoms with Crippen LogP contribution in [0.5, 0.6) is 0 Å². The maximum Gasteiger partial charge on any atom is 0.243 e. The minimum atomic E-state index is -0.312. The highest BCUT2D eigenvalue weighted by Crippen LogP contribution is 2.22. The summed E-state index contributed by atoms with van der Waals surface area (Å²) in [5.74, 6) is 1.36. The number of piperazine rings is 1. The molecule has 0 aliphatic carbocycles. The fraction of sp³-hybridized carbons (Fsp3) is 0.846. The van der Waals surface area contributed by atoms with Crippen molar-refractivity contribution in [3.63, 3.8) is 0 Å². The number of aliphatic hydroxyl groups excluding tert-OH is 1. The SMILES string of the molecule is CN1CCN(C)C(Cc2noc([C@H]3C[C@H](O)CN3)n2)C1. The molecule has 1 aromatic heterocycles. The van der Waals surface area contributed by atoms with Gasteiger partial charge in [0.1, 0.15) is 0 Å². The Balaban J connectivity index is 1.62. The lowest BCUT2D eigenvalue weighted by atomic mass is 10.1. The maximum atomic E-state index is 9.53. The molecular weight excluding hydrogens is 258 g/mol. The second-order valence-electron chi connectivity index (χ2n) is 6.00. The Bertz CT molecular complexity index is 452. The van der Waals surface area contributed by atoms with Crippen LogP contribution >= 0.6 is 0 Å². The van der Waals surface area contributed by atoms with Gasteiger partial charge in [0.2, 0.25) is 5.89 Å². The molecular formula is C13H23N5O2. The zero-order valence-corrected chi connectivity index (χ0v) is 12.1. The van der Waals surface area contributed by atoms with Crippen molar-refractivity contribution in [2.45, 2.75) is 31.0 Å². The molecule has 0 radical (unpaired) electrons. The Morgan fingerprint density at radius 1 is 1.40 bits per heavy atom. The Hall–Kier alpha value is -1.02. The zero-order chi connectivity index (χ0) is 14.1. The molecule has 1 aromatic rings. The highest BCUT2D eigenvalue weighted by molar-refractivity contribution is 4.99. The molecule has 2 fully saturated rings. The minimum Gasteiger partial charge on any atom is -0.392 e. The summed E-state index contributed by atoms with van der Waals surface area (Å²) in [5, 5.41) is 16.8. The summed E-state index contributed by atoms with van der Waals surface area (Å²) in [6, 6.07) is 0.430. The normalized spacial score (nSPS) is 32.9. The molecule has 3 atom stereocenters. The Labute approximate surface area is 118 Å². The first-order valence-corrected chi connectivity index (χ1v) is 7.24. The highest BCUT2D eigenvalue weighted by atomic mass is 16.5. The summed E-state index contributed by atoms with van der Waals surface area (Å²) in [5.41, 5.74) is 0. The van der Waals surface area contributed by atoms with Crippen molar-refractivity contribution in [1.82, 2.24) is 25.3 Å². The summed E-state index contributed by atoms with van der Waals surface area (Å²) in [7, 11) is 4.29. The minimum absolute atomic E-state index is 0.00184. The van der Waals surface area contributed by atoms with Gasteiger partial charge in [-0.1, -0.05) is 5.16 Å². The smallest absolute Gasteiger partial charge is 0.243 e.